The fourth-order valence-electron chi connectivity index (χ4n) is 4.97. The molecule has 2 aliphatic carbocycles. The first kappa shape index (κ1) is 23.9. The molecule has 0 bridgehead atoms. The van der Waals surface area contributed by atoms with Crippen molar-refractivity contribution in [2.24, 2.45) is 5.92 Å². The zero-order valence-electron chi connectivity index (χ0n) is 18.5. The number of alkyl halides is 3. The highest BCUT2D eigenvalue weighted by Crippen LogP contribution is 2.34. The molecule has 33 heavy (non-hydrogen) atoms. The van der Waals surface area contributed by atoms with E-state index in [1.807, 2.05) is 5.38 Å². The van der Waals surface area contributed by atoms with E-state index in [2.05, 4.69) is 15.2 Å². The van der Waals surface area contributed by atoms with Crippen molar-refractivity contribution < 1.29 is 22.7 Å². The van der Waals surface area contributed by atoms with Crippen LogP contribution in [0.25, 0.3) is 0 Å². The van der Waals surface area contributed by atoms with Crippen LogP contribution in [0.1, 0.15) is 63.4 Å². The van der Waals surface area contributed by atoms with Crippen molar-refractivity contribution in [2.75, 3.05) is 11.9 Å². The zero-order chi connectivity index (χ0) is 23.3. The predicted molar refractivity (Wildman–Crippen MR) is 123 cm³/mol. The molecule has 2 aromatic rings. The Bertz CT molecular complexity index is 875. The number of rotatable bonds is 6. The quantitative estimate of drug-likeness (QED) is 0.485. The standard InChI is InChI=1S/C24H30F3N3O2S/c25-24(26,27)18-8-12-21(13-9-18)32-16-17-6-10-20(11-7-17)30(19-4-2-1-3-5-19)23(31)29-22-28-14-15-33-22/h8-9,12-15,17,19-20H,1-7,10-11,16H2,(H,28,29,31). The van der Waals surface area contributed by atoms with E-state index in [0.29, 0.717) is 23.4 Å². The SMILES string of the molecule is O=C(Nc1nccs1)N(C1CCCCC1)C1CCC(COc2ccc(C(F)(F)F)cc2)CC1. The molecular formula is C24H30F3N3O2S. The van der Waals surface area contributed by atoms with Crippen LogP contribution in [0.2, 0.25) is 0 Å². The van der Waals surface area contributed by atoms with Gasteiger partial charge in [0.25, 0.3) is 0 Å². The van der Waals surface area contributed by atoms with Gasteiger partial charge in [0.15, 0.2) is 5.13 Å². The van der Waals surface area contributed by atoms with Gasteiger partial charge < -0.3 is 9.64 Å². The first-order chi connectivity index (χ1) is 15.9. The zero-order valence-corrected chi connectivity index (χ0v) is 19.3. The van der Waals surface area contributed by atoms with E-state index in [0.717, 1.165) is 63.5 Å². The van der Waals surface area contributed by atoms with Crippen LogP contribution < -0.4 is 10.1 Å². The summed E-state index contributed by atoms with van der Waals surface area (Å²) in [6, 6.07) is 5.26. The Morgan fingerprint density at radius 2 is 1.70 bits per heavy atom. The van der Waals surface area contributed by atoms with Gasteiger partial charge in [0.1, 0.15) is 5.75 Å². The highest BCUT2D eigenvalue weighted by Gasteiger charge is 2.35. The summed E-state index contributed by atoms with van der Waals surface area (Å²) in [6.07, 6.45) is 6.64. The molecular weight excluding hydrogens is 451 g/mol. The van der Waals surface area contributed by atoms with Gasteiger partial charge in [-0.15, -0.1) is 11.3 Å². The summed E-state index contributed by atoms with van der Waals surface area (Å²) < 4.78 is 43.9. The summed E-state index contributed by atoms with van der Waals surface area (Å²) in [5.41, 5.74) is -0.672. The van der Waals surface area contributed by atoms with E-state index in [-0.39, 0.29) is 18.1 Å². The van der Waals surface area contributed by atoms with Crippen molar-refractivity contribution in [1.82, 2.24) is 9.88 Å². The lowest BCUT2D eigenvalue weighted by Gasteiger charge is -2.42. The summed E-state index contributed by atoms with van der Waals surface area (Å²) in [5.74, 6) is 0.788. The molecule has 4 rings (SSSR count). The minimum absolute atomic E-state index is 0.0543. The van der Waals surface area contributed by atoms with Crippen molar-refractivity contribution in [3.63, 3.8) is 0 Å². The Labute approximate surface area is 196 Å². The third kappa shape index (κ3) is 6.40. The summed E-state index contributed by atoms with van der Waals surface area (Å²) in [6.45, 7) is 0.479. The molecule has 1 aromatic carbocycles. The monoisotopic (exact) mass is 481 g/mol. The molecule has 2 fully saturated rings. The molecule has 0 unspecified atom stereocenters. The number of nitrogens with one attached hydrogen (secondary N) is 1. The summed E-state index contributed by atoms with van der Waals surface area (Å²) in [4.78, 5) is 19.4. The molecule has 0 radical (unpaired) electrons. The van der Waals surface area contributed by atoms with Gasteiger partial charge in [0, 0.05) is 23.7 Å². The Hall–Kier alpha value is -2.29. The lowest BCUT2D eigenvalue weighted by molar-refractivity contribution is -0.137. The lowest BCUT2D eigenvalue weighted by Crippen LogP contribution is -2.51. The van der Waals surface area contributed by atoms with E-state index >= 15 is 0 Å². The van der Waals surface area contributed by atoms with Gasteiger partial charge in [0.05, 0.1) is 12.2 Å². The average Bonchev–Trinajstić information content (AvgIpc) is 3.32. The molecule has 9 heteroatoms. The van der Waals surface area contributed by atoms with E-state index in [1.165, 1.54) is 29.9 Å². The molecule has 1 heterocycles. The van der Waals surface area contributed by atoms with Crippen molar-refractivity contribution in [1.29, 1.82) is 0 Å². The van der Waals surface area contributed by atoms with E-state index < -0.39 is 11.7 Å². The second kappa shape index (κ2) is 10.8. The average molecular weight is 482 g/mol. The molecule has 2 amide bonds. The normalized spacial score (nSPS) is 22.0. The number of carbonyl (C=O) groups is 1. The number of hydrogen-bond donors (Lipinski definition) is 1. The van der Waals surface area contributed by atoms with Crippen LogP contribution in [0.4, 0.5) is 23.1 Å². The number of hydrogen-bond acceptors (Lipinski definition) is 4. The third-order valence-corrected chi connectivity index (χ3v) is 7.41. The number of thiazole rings is 1. The van der Waals surface area contributed by atoms with Crippen LogP contribution in [0, 0.1) is 5.92 Å². The number of anilines is 1. The topological polar surface area (TPSA) is 54.5 Å². The van der Waals surface area contributed by atoms with Gasteiger partial charge in [-0.3, -0.25) is 5.32 Å². The van der Waals surface area contributed by atoms with Gasteiger partial charge >= 0.3 is 12.2 Å². The number of urea groups is 1. The van der Waals surface area contributed by atoms with Crippen LogP contribution in [0.5, 0.6) is 5.75 Å². The molecule has 0 spiro atoms. The van der Waals surface area contributed by atoms with E-state index in [4.69, 9.17) is 4.74 Å². The third-order valence-electron chi connectivity index (χ3n) is 6.73. The van der Waals surface area contributed by atoms with Gasteiger partial charge in [-0.2, -0.15) is 13.2 Å². The van der Waals surface area contributed by atoms with Crippen LogP contribution in [-0.4, -0.2) is 34.6 Å². The second-order valence-corrected chi connectivity index (χ2v) is 9.87. The van der Waals surface area contributed by atoms with Crippen molar-refractivity contribution in [2.45, 2.75) is 76.0 Å². The number of nitrogens with zero attached hydrogens (tertiary/aromatic N) is 2. The van der Waals surface area contributed by atoms with Crippen LogP contribution >= 0.6 is 11.3 Å². The minimum atomic E-state index is -4.34. The molecule has 180 valence electrons. The van der Waals surface area contributed by atoms with Gasteiger partial charge in [-0.25, -0.2) is 9.78 Å². The van der Waals surface area contributed by atoms with E-state index in [9.17, 15) is 18.0 Å². The van der Waals surface area contributed by atoms with Crippen molar-refractivity contribution in [3.8, 4) is 5.75 Å². The van der Waals surface area contributed by atoms with Crippen molar-refractivity contribution >= 4 is 22.5 Å². The number of benzene rings is 1. The molecule has 2 aliphatic rings. The maximum atomic E-state index is 13.2. The summed E-state index contributed by atoms with van der Waals surface area (Å²) in [5, 5.41) is 5.45. The Morgan fingerprint density at radius 3 is 2.30 bits per heavy atom. The van der Waals surface area contributed by atoms with E-state index in [1.54, 1.807) is 6.20 Å². The summed E-state index contributed by atoms with van der Waals surface area (Å²) in [7, 11) is 0. The van der Waals surface area contributed by atoms with Crippen LogP contribution in [0.3, 0.4) is 0 Å². The fraction of sp³-hybridized carbons (Fsp3) is 0.583. The second-order valence-electron chi connectivity index (χ2n) is 8.97. The molecule has 5 nitrogen and oxygen atoms in total. The number of amides is 2. The molecule has 1 N–H and O–H groups in total. The van der Waals surface area contributed by atoms with Gasteiger partial charge in [0.2, 0.25) is 0 Å². The lowest BCUT2D eigenvalue weighted by atomic mass is 9.84. The highest BCUT2D eigenvalue weighted by atomic mass is 32.1. The number of halogens is 3. The van der Waals surface area contributed by atoms with Gasteiger partial charge in [-0.05, 0) is 68.7 Å². The first-order valence-corrected chi connectivity index (χ1v) is 12.6. The maximum absolute atomic E-state index is 13.2. The smallest absolute Gasteiger partial charge is 0.416 e. The van der Waals surface area contributed by atoms with Crippen molar-refractivity contribution in [3.05, 3.63) is 41.4 Å². The predicted octanol–water partition coefficient (Wildman–Crippen LogP) is 6.97. The molecule has 1 aromatic heterocycles. The molecule has 2 saturated carbocycles. The van der Waals surface area contributed by atoms with Gasteiger partial charge in [-0.1, -0.05) is 19.3 Å². The Morgan fingerprint density at radius 1 is 1.03 bits per heavy atom. The number of aromatic nitrogens is 1. The summed E-state index contributed by atoms with van der Waals surface area (Å²) >= 11 is 1.42. The molecule has 0 saturated heterocycles. The number of ether oxygens (including phenoxy) is 1. The fourth-order valence-corrected chi connectivity index (χ4v) is 5.49. The molecule has 0 aliphatic heterocycles. The largest absolute Gasteiger partial charge is 0.493 e. The van der Waals surface area contributed by atoms with Crippen LogP contribution in [-0.2, 0) is 6.18 Å². The minimum Gasteiger partial charge on any atom is -0.493 e. The maximum Gasteiger partial charge on any atom is 0.416 e. The first-order valence-electron chi connectivity index (χ1n) is 11.7. The Balaban J connectivity index is 1.31. The number of carbonyl (C=O) groups excluding carboxylic acids is 1. The Kier molecular flexibility index (Phi) is 7.78. The highest BCUT2D eigenvalue weighted by molar-refractivity contribution is 7.13. The molecule has 0 atom stereocenters. The van der Waals surface area contributed by atoms with Crippen LogP contribution in [0.15, 0.2) is 35.8 Å².